The molecule has 2 aromatic heterocycles. The Labute approximate surface area is 112 Å². The summed E-state index contributed by atoms with van der Waals surface area (Å²) in [6.45, 7) is 1.76. The molecular formula is C11H10ClN3O2S. The van der Waals surface area contributed by atoms with Gasteiger partial charge in [0.2, 0.25) is 0 Å². The SMILES string of the molecule is Cc1ncsc1C(=O)Nc1cc(Cl)c(=O)n(C)c1. The monoisotopic (exact) mass is 283 g/mol. The van der Waals surface area contributed by atoms with Crippen molar-refractivity contribution in [1.29, 1.82) is 0 Å². The van der Waals surface area contributed by atoms with E-state index >= 15 is 0 Å². The average Bonchev–Trinajstić information content (AvgIpc) is 2.72. The van der Waals surface area contributed by atoms with Gasteiger partial charge < -0.3 is 9.88 Å². The van der Waals surface area contributed by atoms with Gasteiger partial charge in [-0.2, -0.15) is 0 Å². The normalized spacial score (nSPS) is 10.4. The Morgan fingerprint density at radius 2 is 2.28 bits per heavy atom. The molecule has 2 aromatic rings. The van der Waals surface area contributed by atoms with E-state index in [4.69, 9.17) is 11.6 Å². The van der Waals surface area contributed by atoms with Crippen molar-refractivity contribution in [3.05, 3.63) is 43.7 Å². The molecule has 0 aliphatic carbocycles. The molecule has 0 aromatic carbocycles. The first-order valence-electron chi connectivity index (χ1n) is 5.06. The van der Waals surface area contributed by atoms with Crippen LogP contribution in [0.1, 0.15) is 15.4 Å². The van der Waals surface area contributed by atoms with Gasteiger partial charge in [-0.1, -0.05) is 11.6 Å². The smallest absolute Gasteiger partial charge is 0.269 e. The second-order valence-corrected chi connectivity index (χ2v) is 4.98. The van der Waals surface area contributed by atoms with Gasteiger partial charge in [-0.05, 0) is 13.0 Å². The van der Waals surface area contributed by atoms with Crippen molar-refractivity contribution in [2.75, 3.05) is 5.32 Å². The van der Waals surface area contributed by atoms with Gasteiger partial charge in [-0.25, -0.2) is 4.98 Å². The third-order valence-electron chi connectivity index (χ3n) is 2.35. The summed E-state index contributed by atoms with van der Waals surface area (Å²) >= 11 is 7.03. The molecule has 94 valence electrons. The predicted molar refractivity (Wildman–Crippen MR) is 71.5 cm³/mol. The Balaban J connectivity index is 2.28. The summed E-state index contributed by atoms with van der Waals surface area (Å²) in [5.74, 6) is -0.260. The minimum absolute atomic E-state index is 0.0660. The van der Waals surface area contributed by atoms with E-state index in [0.717, 1.165) is 0 Å². The van der Waals surface area contributed by atoms with Crippen molar-refractivity contribution in [1.82, 2.24) is 9.55 Å². The zero-order valence-electron chi connectivity index (χ0n) is 9.73. The molecule has 0 unspecified atom stereocenters. The van der Waals surface area contributed by atoms with Gasteiger partial charge >= 0.3 is 0 Å². The Bertz CT molecular complexity index is 636. The minimum Gasteiger partial charge on any atom is -0.320 e. The van der Waals surface area contributed by atoms with Crippen LogP contribution in [0.4, 0.5) is 5.69 Å². The number of carbonyl (C=O) groups is 1. The largest absolute Gasteiger partial charge is 0.320 e. The maximum Gasteiger partial charge on any atom is 0.269 e. The lowest BCUT2D eigenvalue weighted by Crippen LogP contribution is -2.19. The number of hydrogen-bond acceptors (Lipinski definition) is 4. The quantitative estimate of drug-likeness (QED) is 0.917. The van der Waals surface area contributed by atoms with Gasteiger partial charge in [0.1, 0.15) is 9.90 Å². The standard InChI is InChI=1S/C11H10ClN3O2S/c1-6-9(18-5-13-6)10(16)14-7-3-8(12)11(17)15(2)4-7/h3-5H,1-2H3,(H,14,16). The van der Waals surface area contributed by atoms with Crippen molar-refractivity contribution < 1.29 is 4.79 Å². The minimum atomic E-state index is -0.302. The lowest BCUT2D eigenvalue weighted by atomic mass is 10.3. The zero-order chi connectivity index (χ0) is 13.3. The second kappa shape index (κ2) is 4.91. The van der Waals surface area contributed by atoms with Crippen LogP contribution >= 0.6 is 22.9 Å². The number of nitrogens with one attached hydrogen (secondary N) is 1. The van der Waals surface area contributed by atoms with Gasteiger partial charge in [0.05, 0.1) is 16.9 Å². The molecule has 0 saturated heterocycles. The lowest BCUT2D eigenvalue weighted by molar-refractivity contribution is 0.103. The molecule has 2 rings (SSSR count). The summed E-state index contributed by atoms with van der Waals surface area (Å²) in [7, 11) is 1.57. The third-order valence-corrected chi connectivity index (χ3v) is 3.55. The first-order chi connectivity index (χ1) is 8.49. The molecule has 0 bridgehead atoms. The molecule has 0 aliphatic rings. The first-order valence-corrected chi connectivity index (χ1v) is 6.32. The van der Waals surface area contributed by atoms with Gasteiger partial charge in [0, 0.05) is 13.2 Å². The van der Waals surface area contributed by atoms with E-state index in [-0.39, 0.29) is 16.5 Å². The Kier molecular flexibility index (Phi) is 3.49. The predicted octanol–water partition coefficient (Wildman–Crippen LogP) is 2.06. The Morgan fingerprint density at radius 3 is 2.83 bits per heavy atom. The number of rotatable bonds is 2. The van der Waals surface area contributed by atoms with E-state index in [9.17, 15) is 9.59 Å². The van der Waals surface area contributed by atoms with Crippen LogP contribution in [0.25, 0.3) is 0 Å². The number of aromatic nitrogens is 2. The number of thiazole rings is 1. The van der Waals surface area contributed by atoms with E-state index in [1.54, 1.807) is 19.5 Å². The summed E-state index contributed by atoms with van der Waals surface area (Å²) in [6, 6.07) is 1.43. The number of hydrogen-bond donors (Lipinski definition) is 1. The molecule has 2 heterocycles. The molecular weight excluding hydrogens is 274 g/mol. The van der Waals surface area contributed by atoms with E-state index in [0.29, 0.717) is 16.3 Å². The van der Waals surface area contributed by atoms with E-state index in [1.807, 2.05) is 0 Å². The summed E-state index contributed by atoms with van der Waals surface area (Å²) in [4.78, 5) is 27.9. The number of amides is 1. The fraction of sp³-hybridized carbons (Fsp3) is 0.182. The molecule has 0 aliphatic heterocycles. The van der Waals surface area contributed by atoms with Crippen molar-refractivity contribution in [3.8, 4) is 0 Å². The number of aryl methyl sites for hydroxylation is 2. The van der Waals surface area contributed by atoms with Gasteiger partial charge in [-0.15, -0.1) is 11.3 Å². The highest BCUT2D eigenvalue weighted by Gasteiger charge is 2.12. The molecule has 0 spiro atoms. The van der Waals surface area contributed by atoms with Crippen LogP contribution in [0.15, 0.2) is 22.6 Å². The van der Waals surface area contributed by atoms with Crippen molar-refractivity contribution >= 4 is 34.5 Å². The molecule has 1 amide bonds. The van der Waals surface area contributed by atoms with Crippen molar-refractivity contribution in [2.45, 2.75) is 6.92 Å². The van der Waals surface area contributed by atoms with Crippen molar-refractivity contribution in [3.63, 3.8) is 0 Å². The highest BCUT2D eigenvalue weighted by atomic mass is 35.5. The lowest BCUT2D eigenvalue weighted by Gasteiger charge is -2.06. The first kappa shape index (κ1) is 12.8. The van der Waals surface area contributed by atoms with Crippen molar-refractivity contribution in [2.24, 2.45) is 7.05 Å². The second-order valence-electron chi connectivity index (χ2n) is 3.71. The molecule has 18 heavy (non-hydrogen) atoms. The van der Waals surface area contributed by atoms with Crippen LogP contribution in [-0.4, -0.2) is 15.5 Å². The average molecular weight is 284 g/mol. The van der Waals surface area contributed by atoms with Crippen LogP contribution in [0.3, 0.4) is 0 Å². The van der Waals surface area contributed by atoms with E-state index in [1.165, 1.54) is 28.2 Å². The molecule has 0 radical (unpaired) electrons. The Morgan fingerprint density at radius 1 is 1.56 bits per heavy atom. The van der Waals surface area contributed by atoms with Crippen LogP contribution < -0.4 is 10.9 Å². The number of anilines is 1. The molecule has 0 saturated carbocycles. The molecule has 0 fully saturated rings. The summed E-state index contributed by atoms with van der Waals surface area (Å²) in [5.41, 5.74) is 2.45. The summed E-state index contributed by atoms with van der Waals surface area (Å²) in [6.07, 6.45) is 1.52. The number of nitrogens with zero attached hydrogens (tertiary/aromatic N) is 2. The van der Waals surface area contributed by atoms with E-state index in [2.05, 4.69) is 10.3 Å². The number of carbonyl (C=O) groups excluding carboxylic acids is 1. The van der Waals surface area contributed by atoms with Crippen LogP contribution in [0, 0.1) is 6.92 Å². The highest BCUT2D eigenvalue weighted by molar-refractivity contribution is 7.12. The maximum absolute atomic E-state index is 11.9. The summed E-state index contributed by atoms with van der Waals surface area (Å²) < 4.78 is 1.32. The Hall–Kier alpha value is -1.66. The topological polar surface area (TPSA) is 64.0 Å². The molecule has 0 atom stereocenters. The fourth-order valence-corrected chi connectivity index (χ4v) is 2.40. The third kappa shape index (κ3) is 2.44. The molecule has 7 heteroatoms. The van der Waals surface area contributed by atoms with E-state index < -0.39 is 0 Å². The molecule has 5 nitrogen and oxygen atoms in total. The molecule has 1 N–H and O–H groups in total. The van der Waals surface area contributed by atoms with Gasteiger partial charge in [0.15, 0.2) is 0 Å². The van der Waals surface area contributed by atoms with Gasteiger partial charge in [0.25, 0.3) is 11.5 Å². The van der Waals surface area contributed by atoms with Crippen LogP contribution in [0.2, 0.25) is 5.02 Å². The number of halogens is 1. The van der Waals surface area contributed by atoms with Crippen LogP contribution in [-0.2, 0) is 7.05 Å². The zero-order valence-corrected chi connectivity index (χ0v) is 11.3. The summed E-state index contributed by atoms with van der Waals surface area (Å²) in [5, 5.41) is 2.75. The number of pyridine rings is 1. The highest BCUT2D eigenvalue weighted by Crippen LogP contribution is 2.16. The van der Waals surface area contributed by atoms with Crippen LogP contribution in [0.5, 0.6) is 0 Å². The van der Waals surface area contributed by atoms with Gasteiger partial charge in [-0.3, -0.25) is 9.59 Å². The maximum atomic E-state index is 11.9. The fourth-order valence-electron chi connectivity index (χ4n) is 1.45.